The number of carbonyl (C=O) groups is 1. The highest BCUT2D eigenvalue weighted by Crippen LogP contribution is 2.18. The quantitative estimate of drug-likeness (QED) is 0.635. The highest BCUT2D eigenvalue weighted by Gasteiger charge is 2.16. The van der Waals surface area contributed by atoms with Gasteiger partial charge in [0, 0.05) is 18.8 Å². The third-order valence-corrected chi connectivity index (χ3v) is 1.41. The third-order valence-electron chi connectivity index (χ3n) is 1.41. The number of carbonyl (C=O) groups excluding carboxylic acids is 1. The Morgan fingerprint density at radius 2 is 2.25 bits per heavy atom. The molecule has 1 aromatic rings. The molecule has 0 aliphatic heterocycles. The fourth-order valence-electron chi connectivity index (χ4n) is 0.907. The van der Waals surface area contributed by atoms with Crippen LogP contribution in [-0.2, 0) is 0 Å². The van der Waals surface area contributed by atoms with Crippen molar-refractivity contribution in [3.8, 4) is 0 Å². The Labute approximate surface area is 72.4 Å². The normalized spacial score (nSPS) is 11.6. The molecule has 0 N–H and O–H groups in total. The molecule has 0 amide bonds. The molecule has 1 radical (unpaired) electrons. The molecule has 1 rings (SSSR count). The van der Waals surface area contributed by atoms with Crippen LogP contribution in [0.3, 0.4) is 0 Å². The van der Waals surface area contributed by atoms with Gasteiger partial charge in [-0.3, -0.25) is 9.36 Å². The zero-order chi connectivity index (χ0) is 9.19. The zero-order valence-electron chi connectivity index (χ0n) is 7.66. The van der Waals surface area contributed by atoms with Crippen LogP contribution in [0.25, 0.3) is 0 Å². The first-order valence-corrected chi connectivity index (χ1v) is 3.93. The largest absolute Gasteiger partial charge is 0.274 e. The highest BCUT2D eigenvalue weighted by molar-refractivity contribution is 5.78. The molecule has 0 aliphatic carbocycles. The average Bonchev–Trinajstić information content (AvgIpc) is 2.32. The predicted molar refractivity (Wildman–Crippen MR) is 45.8 cm³/mol. The zero-order valence-corrected chi connectivity index (χ0v) is 7.66. The Balaban J connectivity index is 2.63. The molecule has 0 bridgehead atoms. The molecule has 0 fully saturated rings. The number of rotatable bonds is 1. The van der Waals surface area contributed by atoms with E-state index in [4.69, 9.17) is 0 Å². The molecule has 65 valence electrons. The number of hydrogen-bond donors (Lipinski definition) is 0. The van der Waals surface area contributed by atoms with Gasteiger partial charge in [-0.15, -0.1) is 0 Å². The lowest BCUT2D eigenvalue weighted by Crippen LogP contribution is -2.17. The summed E-state index contributed by atoms with van der Waals surface area (Å²) in [6, 6.07) is 0. The molecule has 0 saturated carbocycles. The van der Waals surface area contributed by atoms with Gasteiger partial charge in [0.2, 0.25) is 5.91 Å². The minimum atomic E-state index is 0.0230. The van der Waals surface area contributed by atoms with E-state index in [0.717, 1.165) is 0 Å². The monoisotopic (exact) mass is 165 g/mol. The molecule has 0 saturated heterocycles. The van der Waals surface area contributed by atoms with Gasteiger partial charge in [-0.2, -0.15) is 0 Å². The van der Waals surface area contributed by atoms with Crippen LogP contribution in [0.4, 0.5) is 0 Å². The lowest BCUT2D eigenvalue weighted by Gasteiger charge is -2.16. The summed E-state index contributed by atoms with van der Waals surface area (Å²) in [7, 11) is 0. The molecule has 12 heavy (non-hydrogen) atoms. The minimum Gasteiger partial charge on any atom is -0.274 e. The summed E-state index contributed by atoms with van der Waals surface area (Å²) in [5, 5.41) is 0. The molecule has 1 heterocycles. The Morgan fingerprint density at radius 1 is 1.58 bits per heavy atom. The van der Waals surface area contributed by atoms with E-state index < -0.39 is 0 Å². The van der Waals surface area contributed by atoms with Crippen LogP contribution >= 0.6 is 0 Å². The summed E-state index contributed by atoms with van der Waals surface area (Å²) < 4.78 is 1.39. The second kappa shape index (κ2) is 3.09. The van der Waals surface area contributed by atoms with E-state index in [1.165, 1.54) is 4.57 Å². The topological polar surface area (TPSA) is 34.9 Å². The van der Waals surface area contributed by atoms with Crippen LogP contribution in [0.5, 0.6) is 0 Å². The van der Waals surface area contributed by atoms with Crippen molar-refractivity contribution in [2.24, 2.45) is 5.41 Å². The van der Waals surface area contributed by atoms with Gasteiger partial charge < -0.3 is 0 Å². The van der Waals surface area contributed by atoms with Crippen molar-refractivity contribution >= 4 is 5.91 Å². The van der Waals surface area contributed by atoms with Crippen LogP contribution in [0, 0.1) is 11.7 Å². The molecule has 0 spiro atoms. The lowest BCUT2D eigenvalue weighted by atomic mass is 9.92. The molecule has 3 nitrogen and oxygen atoms in total. The average molecular weight is 165 g/mol. The summed E-state index contributed by atoms with van der Waals surface area (Å²) in [5.74, 6) is 0.0417. The van der Waals surface area contributed by atoms with Crippen LogP contribution in [-0.4, -0.2) is 15.5 Å². The second-order valence-electron chi connectivity index (χ2n) is 4.03. The van der Waals surface area contributed by atoms with Gasteiger partial charge in [0.1, 0.15) is 0 Å². The maximum atomic E-state index is 11.4. The smallest absolute Gasteiger partial charge is 0.232 e. The first-order chi connectivity index (χ1) is 5.49. The van der Waals surface area contributed by atoms with Gasteiger partial charge in [0.25, 0.3) is 0 Å². The summed E-state index contributed by atoms with van der Waals surface area (Å²) in [5.41, 5.74) is 0.0230. The lowest BCUT2D eigenvalue weighted by molar-refractivity contribution is 0.0855. The summed E-state index contributed by atoms with van der Waals surface area (Å²) in [6.07, 6.45) is 6.27. The Hall–Kier alpha value is -1.12. The Morgan fingerprint density at radius 3 is 2.67 bits per heavy atom. The van der Waals surface area contributed by atoms with E-state index in [1.54, 1.807) is 12.4 Å². The molecule has 1 aromatic heterocycles. The SMILES string of the molecule is CC(C)(C)CC(=O)n1[c]ncc1. The molecule has 0 unspecified atom stereocenters. The van der Waals surface area contributed by atoms with Gasteiger partial charge in [-0.05, 0) is 5.41 Å². The van der Waals surface area contributed by atoms with Crippen molar-refractivity contribution < 1.29 is 4.79 Å². The van der Waals surface area contributed by atoms with Crippen molar-refractivity contribution in [2.45, 2.75) is 27.2 Å². The van der Waals surface area contributed by atoms with Crippen LogP contribution in [0.1, 0.15) is 32.0 Å². The van der Waals surface area contributed by atoms with E-state index in [1.807, 2.05) is 20.8 Å². The van der Waals surface area contributed by atoms with E-state index >= 15 is 0 Å². The van der Waals surface area contributed by atoms with Crippen molar-refractivity contribution in [2.75, 3.05) is 0 Å². The molecule has 0 atom stereocenters. The van der Waals surface area contributed by atoms with Gasteiger partial charge in [0.05, 0.1) is 0 Å². The van der Waals surface area contributed by atoms with Crippen molar-refractivity contribution in [1.82, 2.24) is 9.55 Å². The van der Waals surface area contributed by atoms with Gasteiger partial charge in [0.15, 0.2) is 6.33 Å². The van der Waals surface area contributed by atoms with Gasteiger partial charge in [-0.25, -0.2) is 4.98 Å². The fourth-order valence-corrected chi connectivity index (χ4v) is 0.907. The minimum absolute atomic E-state index is 0.0230. The van der Waals surface area contributed by atoms with Crippen molar-refractivity contribution in [1.29, 1.82) is 0 Å². The number of hydrogen-bond acceptors (Lipinski definition) is 2. The maximum Gasteiger partial charge on any atom is 0.232 e. The third kappa shape index (κ3) is 2.49. The van der Waals surface area contributed by atoms with E-state index in [2.05, 4.69) is 11.3 Å². The van der Waals surface area contributed by atoms with E-state index in [9.17, 15) is 4.79 Å². The van der Waals surface area contributed by atoms with E-state index in [-0.39, 0.29) is 11.3 Å². The summed E-state index contributed by atoms with van der Waals surface area (Å²) >= 11 is 0. The first kappa shape index (κ1) is 8.97. The summed E-state index contributed by atoms with van der Waals surface area (Å²) in [6.45, 7) is 6.09. The summed E-state index contributed by atoms with van der Waals surface area (Å²) in [4.78, 5) is 15.1. The second-order valence-corrected chi connectivity index (χ2v) is 4.03. The molecular formula is C9H13N2O. The standard InChI is InChI=1S/C9H13N2O/c1-9(2,3)6-8(12)11-5-4-10-7-11/h4-5H,6H2,1-3H3. The first-order valence-electron chi connectivity index (χ1n) is 3.93. The van der Waals surface area contributed by atoms with E-state index in [0.29, 0.717) is 6.42 Å². The number of imidazole rings is 1. The Kier molecular flexibility index (Phi) is 2.31. The van der Waals surface area contributed by atoms with Gasteiger partial charge >= 0.3 is 0 Å². The molecule has 0 aromatic carbocycles. The van der Waals surface area contributed by atoms with Crippen LogP contribution in [0.15, 0.2) is 12.4 Å². The van der Waals surface area contributed by atoms with Crippen molar-refractivity contribution in [3.63, 3.8) is 0 Å². The Bertz CT molecular complexity index is 257. The number of nitrogens with zero attached hydrogens (tertiary/aromatic N) is 2. The highest BCUT2D eigenvalue weighted by atomic mass is 16.2. The predicted octanol–water partition coefficient (Wildman–Crippen LogP) is 1.76. The fraction of sp³-hybridized carbons (Fsp3) is 0.556. The van der Waals surface area contributed by atoms with Crippen molar-refractivity contribution in [3.05, 3.63) is 18.7 Å². The maximum absolute atomic E-state index is 11.4. The molecule has 3 heteroatoms. The van der Waals surface area contributed by atoms with Gasteiger partial charge in [-0.1, -0.05) is 20.8 Å². The van der Waals surface area contributed by atoms with Crippen LogP contribution < -0.4 is 0 Å². The molecular weight excluding hydrogens is 152 g/mol. The van der Waals surface area contributed by atoms with Crippen LogP contribution in [0.2, 0.25) is 0 Å². The number of aromatic nitrogens is 2. The molecule has 0 aliphatic rings.